The first-order valence-corrected chi connectivity index (χ1v) is 22.2. The maximum atomic E-state index is 13.7. The van der Waals surface area contributed by atoms with Gasteiger partial charge in [-0.05, 0) is 81.4 Å². The molecule has 2 saturated carbocycles. The first-order chi connectivity index (χ1) is 27.4. The summed E-state index contributed by atoms with van der Waals surface area (Å²) in [6.07, 6.45) is 10.6. The van der Waals surface area contributed by atoms with Gasteiger partial charge in [-0.2, -0.15) is 22.0 Å². The smallest absolute Gasteiger partial charge is 0.282 e. The third-order valence-corrected chi connectivity index (χ3v) is 15.9. The van der Waals surface area contributed by atoms with Crippen LogP contribution in [-0.4, -0.2) is 120 Å². The van der Waals surface area contributed by atoms with Gasteiger partial charge in [0.25, 0.3) is 10.2 Å². The Morgan fingerprint density at radius 2 is 1.68 bits per heavy atom. The Hall–Kier alpha value is -4.35. The van der Waals surface area contributed by atoms with Crippen molar-refractivity contribution in [3.63, 3.8) is 0 Å². The minimum absolute atomic E-state index is 0.0298. The number of likely N-dealkylation sites (tertiary alicyclic amines) is 1. The third kappa shape index (κ3) is 6.92. The van der Waals surface area contributed by atoms with Crippen molar-refractivity contribution >= 4 is 57.0 Å². The highest BCUT2D eigenvalue weighted by atomic mass is 32.2. The van der Waals surface area contributed by atoms with Crippen molar-refractivity contribution < 1.29 is 27.6 Å². The molecule has 0 radical (unpaired) electrons. The number of nitrogens with one attached hydrogen (secondary N) is 4. The molecule has 6 heterocycles. The molecule has 4 saturated heterocycles. The van der Waals surface area contributed by atoms with Crippen LogP contribution in [0.2, 0.25) is 0 Å². The van der Waals surface area contributed by atoms with Gasteiger partial charge in [-0.3, -0.25) is 29.4 Å². The molecule has 6 fully saturated rings. The monoisotopic (exact) mass is 802 g/mol. The van der Waals surface area contributed by atoms with Crippen LogP contribution in [0.1, 0.15) is 88.7 Å². The summed E-state index contributed by atoms with van der Waals surface area (Å²) in [6, 6.07) is 5.34. The molecule has 2 aliphatic carbocycles. The molecule has 2 spiro atoms. The number of aromatic nitrogens is 2. The SMILES string of the molecule is CNc1cc(CC(=O)N2CCC3(CC2)CN(S(=O)(=O)N2CCC(Nc4ncc5c(n4)N(C4CCCC4C)C(=O)C54CC4)CC2)C3)ccc1NC1CCC(=O)NC1=O. The number of carbonyl (C=O) groups excluding carboxylic acids is 4. The molecule has 3 atom stereocenters. The summed E-state index contributed by atoms with van der Waals surface area (Å²) in [7, 11) is -1.82. The molecule has 4 N–H and O–H groups in total. The zero-order valence-corrected chi connectivity index (χ0v) is 33.7. The Balaban J connectivity index is 0.741. The lowest BCUT2D eigenvalue weighted by Gasteiger charge is -2.54. The number of fused-ring (bicyclic) bond motifs is 2. The highest BCUT2D eigenvalue weighted by Gasteiger charge is 2.62. The van der Waals surface area contributed by atoms with Gasteiger partial charge in [0.1, 0.15) is 11.9 Å². The molecule has 1 aromatic carbocycles. The largest absolute Gasteiger partial charge is 0.386 e. The van der Waals surface area contributed by atoms with Gasteiger partial charge in [-0.25, -0.2) is 4.98 Å². The van der Waals surface area contributed by atoms with Crippen LogP contribution in [0.25, 0.3) is 0 Å². The van der Waals surface area contributed by atoms with Crippen molar-refractivity contribution in [2.45, 2.75) is 108 Å². The van der Waals surface area contributed by atoms with Gasteiger partial charge in [-0.1, -0.05) is 19.4 Å². The molecule has 0 bridgehead atoms. The van der Waals surface area contributed by atoms with Crippen LogP contribution in [-0.2, 0) is 41.2 Å². The van der Waals surface area contributed by atoms with Crippen LogP contribution in [0.5, 0.6) is 0 Å². The Morgan fingerprint density at radius 1 is 0.930 bits per heavy atom. The van der Waals surface area contributed by atoms with Gasteiger partial charge in [0.15, 0.2) is 0 Å². The number of nitrogens with zero attached hydrogens (tertiary/aromatic N) is 6. The molecule has 17 heteroatoms. The Morgan fingerprint density at radius 3 is 2.35 bits per heavy atom. The fourth-order valence-electron chi connectivity index (χ4n) is 10.2. The number of anilines is 4. The normalized spacial score (nSPS) is 27.3. The van der Waals surface area contributed by atoms with Crippen molar-refractivity contribution in [3.8, 4) is 0 Å². The van der Waals surface area contributed by atoms with Crippen LogP contribution in [0.4, 0.5) is 23.1 Å². The fourth-order valence-corrected chi connectivity index (χ4v) is 12.0. The second kappa shape index (κ2) is 14.5. The van der Waals surface area contributed by atoms with E-state index in [1.807, 2.05) is 34.2 Å². The highest BCUT2D eigenvalue weighted by molar-refractivity contribution is 7.86. The molecule has 306 valence electrons. The molecular weight excluding hydrogens is 749 g/mol. The molecule has 5 aliphatic heterocycles. The van der Waals surface area contributed by atoms with Gasteiger partial charge in [0.2, 0.25) is 29.6 Å². The summed E-state index contributed by atoms with van der Waals surface area (Å²) in [4.78, 5) is 64.2. The molecule has 9 rings (SSSR count). The second-order valence-corrected chi connectivity index (χ2v) is 19.5. The number of imide groups is 1. The fraction of sp³-hybridized carbons (Fsp3) is 0.650. The maximum Gasteiger partial charge on any atom is 0.282 e. The average molecular weight is 803 g/mol. The van der Waals surface area contributed by atoms with Gasteiger partial charge in [-0.15, -0.1) is 0 Å². The first-order valence-electron chi connectivity index (χ1n) is 20.8. The number of amides is 4. The van der Waals surface area contributed by atoms with Gasteiger partial charge < -0.3 is 20.9 Å². The van der Waals surface area contributed by atoms with Crippen LogP contribution in [0.15, 0.2) is 24.4 Å². The zero-order valence-electron chi connectivity index (χ0n) is 32.9. The summed E-state index contributed by atoms with van der Waals surface area (Å²) in [6.45, 7) is 5.18. The Labute approximate surface area is 334 Å². The summed E-state index contributed by atoms with van der Waals surface area (Å²) in [5.74, 6) is 1.34. The number of carbonyl (C=O) groups is 4. The van der Waals surface area contributed by atoms with E-state index >= 15 is 0 Å². The highest BCUT2D eigenvalue weighted by Crippen LogP contribution is 2.58. The molecule has 2 aromatic rings. The average Bonchev–Trinajstić information content (AvgIpc) is 3.84. The molecule has 16 nitrogen and oxygen atoms in total. The number of benzene rings is 1. The zero-order chi connectivity index (χ0) is 39.7. The van der Waals surface area contributed by atoms with Crippen LogP contribution < -0.4 is 26.2 Å². The summed E-state index contributed by atoms with van der Waals surface area (Å²) in [5.41, 5.74) is 2.77. The summed E-state index contributed by atoms with van der Waals surface area (Å²) in [5, 5.41) is 12.2. The van der Waals surface area contributed by atoms with E-state index in [2.05, 4.69) is 33.2 Å². The van der Waals surface area contributed by atoms with E-state index in [1.54, 1.807) is 15.7 Å². The second-order valence-electron chi connectivity index (χ2n) is 17.6. The molecule has 4 amide bonds. The topological polar surface area (TPSA) is 189 Å². The lowest BCUT2D eigenvalue weighted by atomic mass is 9.73. The van der Waals surface area contributed by atoms with Crippen molar-refractivity contribution in [2.24, 2.45) is 11.3 Å². The maximum absolute atomic E-state index is 13.7. The van der Waals surface area contributed by atoms with Crippen LogP contribution in [0, 0.1) is 11.3 Å². The van der Waals surface area contributed by atoms with Gasteiger partial charge >= 0.3 is 0 Å². The summed E-state index contributed by atoms with van der Waals surface area (Å²) >= 11 is 0. The molecule has 3 unspecified atom stereocenters. The van der Waals surface area contributed by atoms with Crippen molar-refractivity contribution in [1.82, 2.24) is 28.8 Å². The van der Waals surface area contributed by atoms with Gasteiger partial charge in [0, 0.05) is 82.0 Å². The Kier molecular flexibility index (Phi) is 9.70. The van der Waals surface area contributed by atoms with E-state index in [1.165, 1.54) is 0 Å². The Bertz CT molecular complexity index is 2070. The van der Waals surface area contributed by atoms with E-state index in [9.17, 15) is 27.6 Å². The summed E-state index contributed by atoms with van der Waals surface area (Å²) < 4.78 is 30.7. The molecule has 57 heavy (non-hydrogen) atoms. The number of hydrogen-bond acceptors (Lipinski definition) is 11. The van der Waals surface area contributed by atoms with Crippen LogP contribution in [0.3, 0.4) is 0 Å². The lowest BCUT2D eigenvalue weighted by molar-refractivity contribution is -0.135. The third-order valence-electron chi connectivity index (χ3n) is 14.0. The van der Waals surface area contributed by atoms with E-state index < -0.39 is 21.7 Å². The predicted molar refractivity (Wildman–Crippen MR) is 214 cm³/mol. The van der Waals surface area contributed by atoms with E-state index in [-0.39, 0.29) is 54.0 Å². The molecular formula is C40H54N10O6S. The minimum Gasteiger partial charge on any atom is -0.386 e. The van der Waals surface area contributed by atoms with E-state index in [0.29, 0.717) is 70.4 Å². The molecule has 7 aliphatic rings. The van der Waals surface area contributed by atoms with E-state index in [0.717, 1.165) is 73.3 Å². The standard InChI is InChI=1S/C40H54N10O6S/c1-25-4-3-5-32(25)50-35-28(40(12-13-40)37(50)54)22-42-38(46-35)43-27-10-16-48(17-11-27)57(55,56)49-23-39(24-49)14-18-47(19-15-39)34(52)21-26-6-7-29(31(20-26)41-2)44-30-8-9-33(51)45-36(30)53/h6-7,20,22,25,27,30,32,41,44H,3-5,8-19,21,23-24H2,1-2H3,(H,42,43,46)(H,45,51,53). The van der Waals surface area contributed by atoms with E-state index in [4.69, 9.17) is 4.98 Å². The minimum atomic E-state index is -3.60. The first kappa shape index (κ1) is 38.2. The number of hydrogen-bond donors (Lipinski definition) is 4. The number of piperidine rings is 3. The van der Waals surface area contributed by atoms with Crippen LogP contribution >= 0.6 is 0 Å². The van der Waals surface area contributed by atoms with Crippen molar-refractivity contribution in [3.05, 3.63) is 35.5 Å². The van der Waals surface area contributed by atoms with Crippen molar-refractivity contribution in [1.29, 1.82) is 0 Å². The molecule has 1 aromatic heterocycles. The lowest BCUT2D eigenvalue weighted by Crippen LogP contribution is -2.64. The predicted octanol–water partition coefficient (Wildman–Crippen LogP) is 2.59. The van der Waals surface area contributed by atoms with Crippen molar-refractivity contribution in [2.75, 3.05) is 67.2 Å². The van der Waals surface area contributed by atoms with Gasteiger partial charge in [0.05, 0.1) is 23.2 Å². The number of rotatable bonds is 10. The quantitative estimate of drug-likeness (QED) is 0.259.